The molecule has 0 aliphatic carbocycles. The van der Waals surface area contributed by atoms with E-state index in [1.165, 1.54) is 4.57 Å². The van der Waals surface area contributed by atoms with Crippen LogP contribution in [0.3, 0.4) is 0 Å². The van der Waals surface area contributed by atoms with Crippen LogP contribution in [0.25, 0.3) is 27.5 Å². The van der Waals surface area contributed by atoms with Crippen LogP contribution >= 0.6 is 0 Å². The molecule has 2 aromatic heterocycles. The van der Waals surface area contributed by atoms with Crippen molar-refractivity contribution in [1.29, 1.82) is 0 Å². The Morgan fingerprint density at radius 3 is 2.55 bits per heavy atom. The van der Waals surface area contributed by atoms with Crippen molar-refractivity contribution in [2.75, 3.05) is 0 Å². The second-order valence-electron chi connectivity index (χ2n) is 6.74. The van der Waals surface area contributed by atoms with E-state index >= 15 is 0 Å². The summed E-state index contributed by atoms with van der Waals surface area (Å²) in [5, 5.41) is 10.8. The molecule has 0 unspecified atom stereocenters. The van der Waals surface area contributed by atoms with E-state index in [2.05, 4.69) is 10.2 Å². The zero-order valence-corrected chi connectivity index (χ0v) is 15.6. The van der Waals surface area contributed by atoms with Crippen molar-refractivity contribution in [2.45, 2.75) is 6.61 Å². The van der Waals surface area contributed by atoms with Crippen LogP contribution in [0.5, 0.6) is 5.75 Å². The fourth-order valence-corrected chi connectivity index (χ4v) is 3.65. The SMILES string of the molecule is Cn1c(=O)c2ccccc2n2c(COc3ccc4ccccc4c3C=O)nnc12. The van der Waals surface area contributed by atoms with Gasteiger partial charge in [0.15, 0.2) is 12.1 Å². The van der Waals surface area contributed by atoms with Crippen molar-refractivity contribution in [3.63, 3.8) is 0 Å². The van der Waals surface area contributed by atoms with Gasteiger partial charge in [-0.3, -0.25) is 18.6 Å². The molecule has 0 saturated heterocycles. The number of aldehydes is 1. The largest absolute Gasteiger partial charge is 0.485 e. The first-order chi connectivity index (χ1) is 14.2. The number of aromatic nitrogens is 4. The number of para-hydroxylation sites is 1. The Bertz CT molecular complexity index is 1470. The summed E-state index contributed by atoms with van der Waals surface area (Å²) in [5.41, 5.74) is 1.07. The lowest BCUT2D eigenvalue weighted by Crippen LogP contribution is -2.20. The number of benzene rings is 3. The first-order valence-corrected chi connectivity index (χ1v) is 9.10. The maximum absolute atomic E-state index is 12.6. The number of hydrogen-bond donors (Lipinski definition) is 0. The molecule has 0 saturated carbocycles. The van der Waals surface area contributed by atoms with Gasteiger partial charge in [0.1, 0.15) is 12.4 Å². The molecule has 0 amide bonds. The van der Waals surface area contributed by atoms with Crippen LogP contribution in [0.1, 0.15) is 16.2 Å². The van der Waals surface area contributed by atoms with Gasteiger partial charge < -0.3 is 4.74 Å². The third-order valence-corrected chi connectivity index (χ3v) is 5.10. The monoisotopic (exact) mass is 384 g/mol. The average molecular weight is 384 g/mol. The summed E-state index contributed by atoms with van der Waals surface area (Å²) in [6.07, 6.45) is 0.804. The van der Waals surface area contributed by atoms with Crippen molar-refractivity contribution in [3.05, 3.63) is 82.4 Å². The van der Waals surface area contributed by atoms with Gasteiger partial charge >= 0.3 is 0 Å². The summed E-state index contributed by atoms with van der Waals surface area (Å²) in [6, 6.07) is 18.7. The van der Waals surface area contributed by atoms with Gasteiger partial charge in [-0.05, 0) is 29.0 Å². The van der Waals surface area contributed by atoms with Crippen molar-refractivity contribution in [2.24, 2.45) is 7.05 Å². The van der Waals surface area contributed by atoms with Crippen molar-refractivity contribution in [1.82, 2.24) is 19.2 Å². The molecular weight excluding hydrogens is 368 g/mol. The topological polar surface area (TPSA) is 78.5 Å². The van der Waals surface area contributed by atoms with E-state index in [0.717, 1.165) is 17.1 Å². The van der Waals surface area contributed by atoms with E-state index in [1.807, 2.05) is 48.5 Å². The summed E-state index contributed by atoms with van der Waals surface area (Å²) >= 11 is 0. The lowest BCUT2D eigenvalue weighted by atomic mass is 10.0. The third-order valence-electron chi connectivity index (χ3n) is 5.10. The molecule has 142 valence electrons. The molecule has 0 atom stereocenters. The molecule has 2 heterocycles. The molecule has 0 fully saturated rings. The minimum Gasteiger partial charge on any atom is -0.485 e. The number of aryl methyl sites for hydroxylation is 1. The standard InChI is InChI=1S/C22H16N4O3/c1-25-21(28)16-8-4-5-9-18(16)26-20(23-24-22(25)26)13-29-19-11-10-14-6-2-3-7-15(14)17(19)12-27/h2-12H,13H2,1H3. The first kappa shape index (κ1) is 17.1. The van der Waals surface area contributed by atoms with Crippen molar-refractivity contribution in [3.8, 4) is 5.75 Å². The smallest absolute Gasteiger partial charge is 0.262 e. The van der Waals surface area contributed by atoms with Gasteiger partial charge in [-0.1, -0.05) is 42.5 Å². The number of nitrogens with zero attached hydrogens (tertiary/aromatic N) is 4. The van der Waals surface area contributed by atoms with Crippen LogP contribution in [0.2, 0.25) is 0 Å². The van der Waals surface area contributed by atoms with Gasteiger partial charge in [-0.25, -0.2) is 0 Å². The Morgan fingerprint density at radius 1 is 0.966 bits per heavy atom. The van der Waals surface area contributed by atoms with Crippen LogP contribution in [0.15, 0.2) is 65.5 Å². The zero-order chi connectivity index (χ0) is 20.0. The van der Waals surface area contributed by atoms with Gasteiger partial charge in [0.25, 0.3) is 5.56 Å². The molecule has 5 aromatic rings. The highest BCUT2D eigenvalue weighted by atomic mass is 16.5. The molecule has 5 rings (SSSR count). The molecule has 7 nitrogen and oxygen atoms in total. The molecule has 0 N–H and O–H groups in total. The Hall–Kier alpha value is -4.00. The molecule has 3 aromatic carbocycles. The minimum atomic E-state index is -0.134. The van der Waals surface area contributed by atoms with Gasteiger partial charge in [-0.2, -0.15) is 0 Å². The van der Waals surface area contributed by atoms with E-state index in [1.54, 1.807) is 23.6 Å². The molecule has 0 spiro atoms. The summed E-state index contributed by atoms with van der Waals surface area (Å²) in [6.45, 7) is 0.0997. The first-order valence-electron chi connectivity index (χ1n) is 9.10. The summed E-state index contributed by atoms with van der Waals surface area (Å²) < 4.78 is 9.23. The van der Waals surface area contributed by atoms with Gasteiger partial charge in [0, 0.05) is 7.05 Å². The number of carbonyl (C=O) groups excluding carboxylic acids is 1. The predicted octanol–water partition coefficient (Wildman–Crippen LogP) is 3.13. The van der Waals surface area contributed by atoms with E-state index in [-0.39, 0.29) is 12.2 Å². The fraction of sp³-hybridized carbons (Fsp3) is 0.0909. The van der Waals surface area contributed by atoms with Crippen LogP contribution in [0, 0.1) is 0 Å². The van der Waals surface area contributed by atoms with Crippen molar-refractivity contribution < 1.29 is 9.53 Å². The highest BCUT2D eigenvalue weighted by Gasteiger charge is 2.16. The molecule has 0 bridgehead atoms. The second kappa shape index (κ2) is 6.56. The van der Waals surface area contributed by atoms with Crippen LogP contribution in [0.4, 0.5) is 0 Å². The fourth-order valence-electron chi connectivity index (χ4n) is 3.65. The molecule has 7 heteroatoms. The number of carbonyl (C=O) groups is 1. The van der Waals surface area contributed by atoms with Crippen molar-refractivity contribution >= 4 is 33.7 Å². The maximum atomic E-state index is 12.6. The summed E-state index contributed by atoms with van der Waals surface area (Å²) in [5.74, 6) is 1.45. The van der Waals surface area contributed by atoms with E-state index in [0.29, 0.717) is 33.8 Å². The van der Waals surface area contributed by atoms with Crippen LogP contribution in [-0.2, 0) is 13.7 Å². The van der Waals surface area contributed by atoms with Crippen LogP contribution < -0.4 is 10.3 Å². The Balaban J connectivity index is 1.61. The second-order valence-corrected chi connectivity index (χ2v) is 6.74. The van der Waals surface area contributed by atoms with Gasteiger partial charge in [0.2, 0.25) is 5.78 Å². The normalized spacial score (nSPS) is 11.3. The molecule has 0 aliphatic rings. The quantitative estimate of drug-likeness (QED) is 0.445. The predicted molar refractivity (Wildman–Crippen MR) is 109 cm³/mol. The van der Waals surface area contributed by atoms with Gasteiger partial charge in [-0.15, -0.1) is 10.2 Å². The van der Waals surface area contributed by atoms with Crippen LogP contribution in [-0.4, -0.2) is 25.5 Å². The van der Waals surface area contributed by atoms with Gasteiger partial charge in [0.05, 0.1) is 16.5 Å². The molecule has 0 radical (unpaired) electrons. The average Bonchev–Trinajstić information content (AvgIpc) is 3.20. The number of rotatable bonds is 4. The van der Waals surface area contributed by atoms with E-state index in [9.17, 15) is 9.59 Å². The molecule has 29 heavy (non-hydrogen) atoms. The Kier molecular flexibility index (Phi) is 3.87. The number of hydrogen-bond acceptors (Lipinski definition) is 5. The third kappa shape index (κ3) is 2.59. The maximum Gasteiger partial charge on any atom is 0.262 e. The highest BCUT2D eigenvalue weighted by Crippen LogP contribution is 2.27. The van der Waals surface area contributed by atoms with E-state index < -0.39 is 0 Å². The lowest BCUT2D eigenvalue weighted by Gasteiger charge is -2.11. The minimum absolute atomic E-state index is 0.0997. The number of ether oxygens (including phenoxy) is 1. The zero-order valence-electron chi connectivity index (χ0n) is 15.6. The molecule has 0 aliphatic heterocycles. The summed E-state index contributed by atoms with van der Waals surface area (Å²) in [4.78, 5) is 24.3. The molecular formula is C22H16N4O3. The number of fused-ring (bicyclic) bond motifs is 4. The Morgan fingerprint density at radius 2 is 1.72 bits per heavy atom. The van der Waals surface area contributed by atoms with E-state index in [4.69, 9.17) is 4.74 Å². The summed E-state index contributed by atoms with van der Waals surface area (Å²) in [7, 11) is 1.66. The lowest BCUT2D eigenvalue weighted by molar-refractivity contribution is 0.112. The Labute approximate surface area is 164 Å². The highest BCUT2D eigenvalue weighted by molar-refractivity contribution is 6.00.